The Morgan fingerprint density at radius 2 is 0.607 bits per heavy atom. The van der Waals surface area contributed by atoms with Crippen LogP contribution in [0.25, 0.3) is 0 Å². The van der Waals surface area contributed by atoms with Crippen LogP contribution in [0.4, 0.5) is 0 Å². The Hall–Kier alpha value is 0.430. The number of rotatable bonds is 21. The third-order valence-corrected chi connectivity index (χ3v) is 8.86. The zero-order chi connectivity index (χ0) is 21.0. The summed E-state index contributed by atoms with van der Waals surface area (Å²) in [4.78, 5) is 0. The van der Waals surface area contributed by atoms with Crippen LogP contribution in [0.5, 0.6) is 0 Å². The fraction of sp³-hybridized carbons (Fsp3) is 1.00. The van der Waals surface area contributed by atoms with Gasteiger partial charge in [0.15, 0.2) is 0 Å². The van der Waals surface area contributed by atoms with Gasteiger partial charge in [-0.25, -0.2) is 0 Å². The first-order chi connectivity index (χ1) is 13.4. The van der Waals surface area contributed by atoms with E-state index in [9.17, 15) is 0 Å². The molecule has 0 rings (SSSR count). The maximum atomic E-state index is 2.36. The minimum atomic E-state index is 0.339. The van der Waals surface area contributed by atoms with Crippen molar-refractivity contribution in [1.29, 1.82) is 0 Å². The highest BCUT2D eigenvalue weighted by molar-refractivity contribution is 7.57. The molecule has 0 atom stereocenters. The fourth-order valence-corrected chi connectivity index (χ4v) is 6.74. The summed E-state index contributed by atoms with van der Waals surface area (Å²) in [6.07, 6.45) is 26.9. The van der Waals surface area contributed by atoms with Gasteiger partial charge in [0, 0.05) is 0 Å². The Morgan fingerprint density at radius 3 is 0.857 bits per heavy atom. The van der Waals surface area contributed by atoms with E-state index in [2.05, 4.69) is 41.5 Å². The van der Waals surface area contributed by atoms with Gasteiger partial charge >= 0.3 is 0 Å². The molecule has 0 N–H and O–H groups in total. The Bertz CT molecular complexity index is 247. The van der Waals surface area contributed by atoms with Crippen LogP contribution >= 0.6 is 7.92 Å². The molecule has 170 valence electrons. The lowest BCUT2D eigenvalue weighted by atomic mass is 10.0. The minimum Gasteiger partial charge on any atom is -0.107 e. The summed E-state index contributed by atoms with van der Waals surface area (Å²) in [5.41, 5.74) is 0. The molecule has 0 bridgehead atoms. The molecule has 0 unspecified atom stereocenters. The van der Waals surface area contributed by atoms with Crippen LogP contribution in [0.15, 0.2) is 0 Å². The lowest BCUT2D eigenvalue weighted by molar-refractivity contribution is 0.523. The molecule has 1 heteroatoms. The zero-order valence-corrected chi connectivity index (χ0v) is 21.8. The van der Waals surface area contributed by atoms with Crippen LogP contribution in [0.2, 0.25) is 0 Å². The molecule has 0 saturated carbocycles. The molecule has 0 spiro atoms. The molecule has 0 saturated heterocycles. The van der Waals surface area contributed by atoms with E-state index >= 15 is 0 Å². The van der Waals surface area contributed by atoms with Crippen LogP contribution in [0.3, 0.4) is 0 Å². The second kappa shape index (κ2) is 20.7. The van der Waals surface area contributed by atoms with Gasteiger partial charge < -0.3 is 0 Å². The van der Waals surface area contributed by atoms with E-state index in [-0.39, 0.29) is 0 Å². The van der Waals surface area contributed by atoms with Gasteiger partial charge in [0.2, 0.25) is 0 Å². The lowest BCUT2D eigenvalue weighted by Crippen LogP contribution is -1.98. The molecule has 0 aliphatic heterocycles. The SMILES string of the molecule is CC(C)CCCCCCP(CCCCCCC(C)C)CCCCCCC(C)C. The van der Waals surface area contributed by atoms with Crippen molar-refractivity contribution in [2.24, 2.45) is 17.8 Å². The van der Waals surface area contributed by atoms with Crippen molar-refractivity contribution in [2.45, 2.75) is 138 Å². The number of hydrogen-bond donors (Lipinski definition) is 0. The fourth-order valence-electron chi connectivity index (χ4n) is 4.06. The summed E-state index contributed by atoms with van der Waals surface area (Å²) < 4.78 is 0. The monoisotopic (exact) mass is 412 g/mol. The van der Waals surface area contributed by atoms with Crippen molar-refractivity contribution in [2.75, 3.05) is 18.5 Å². The number of unbranched alkanes of at least 4 members (excludes halogenated alkanes) is 9. The second-order valence-electron chi connectivity index (χ2n) is 10.6. The van der Waals surface area contributed by atoms with Gasteiger partial charge in [-0.15, -0.1) is 7.92 Å². The summed E-state index contributed by atoms with van der Waals surface area (Å²) in [6, 6.07) is 0. The normalized spacial score (nSPS) is 12.2. The molecule has 28 heavy (non-hydrogen) atoms. The van der Waals surface area contributed by atoms with E-state index in [1.165, 1.54) is 96.3 Å². The minimum absolute atomic E-state index is 0.339. The smallest absolute Gasteiger partial charge is 0.0326 e. The van der Waals surface area contributed by atoms with Crippen LogP contribution < -0.4 is 0 Å². The van der Waals surface area contributed by atoms with Gasteiger partial charge in [-0.05, 0) is 55.5 Å². The molecule has 0 amide bonds. The Kier molecular flexibility index (Phi) is 21.0. The van der Waals surface area contributed by atoms with Crippen LogP contribution in [-0.4, -0.2) is 18.5 Å². The highest BCUT2D eigenvalue weighted by Gasteiger charge is 2.08. The second-order valence-corrected chi connectivity index (χ2v) is 13.3. The topological polar surface area (TPSA) is 0 Å². The summed E-state index contributed by atoms with van der Waals surface area (Å²) in [6.45, 7) is 14.2. The maximum absolute atomic E-state index is 2.36. The first-order valence-corrected chi connectivity index (χ1v) is 15.0. The standard InChI is InChI=1S/C27H57P/c1-25(2)19-13-7-10-16-22-28(23-17-11-8-14-20-26(3)4)24-18-12-9-15-21-27(5)6/h25-27H,7-24H2,1-6H3. The van der Waals surface area contributed by atoms with Crippen LogP contribution in [0, 0.1) is 17.8 Å². The molecular formula is C27H57P. The van der Waals surface area contributed by atoms with Crippen molar-refractivity contribution in [3.8, 4) is 0 Å². The maximum Gasteiger partial charge on any atom is -0.0326 e. The van der Waals surface area contributed by atoms with E-state index in [0.717, 1.165) is 17.8 Å². The molecule has 0 radical (unpaired) electrons. The van der Waals surface area contributed by atoms with E-state index in [0.29, 0.717) is 7.92 Å². The summed E-state index contributed by atoms with van der Waals surface area (Å²) in [5, 5.41) is 0. The van der Waals surface area contributed by atoms with Crippen molar-refractivity contribution in [1.82, 2.24) is 0 Å². The van der Waals surface area contributed by atoms with Crippen LogP contribution in [0.1, 0.15) is 138 Å². The first-order valence-electron chi connectivity index (χ1n) is 13.1. The Morgan fingerprint density at radius 1 is 0.357 bits per heavy atom. The summed E-state index contributed by atoms with van der Waals surface area (Å²) >= 11 is 0. The zero-order valence-electron chi connectivity index (χ0n) is 20.9. The van der Waals surface area contributed by atoms with Crippen molar-refractivity contribution < 1.29 is 0 Å². The third kappa shape index (κ3) is 22.7. The van der Waals surface area contributed by atoms with Crippen molar-refractivity contribution in [3.63, 3.8) is 0 Å². The lowest BCUT2D eigenvalue weighted by Gasteiger charge is -2.18. The molecular weight excluding hydrogens is 355 g/mol. The van der Waals surface area contributed by atoms with E-state index in [1.54, 1.807) is 18.5 Å². The molecule has 0 aromatic rings. The summed E-state index contributed by atoms with van der Waals surface area (Å²) in [5.74, 6) is 2.68. The Balaban J connectivity index is 3.89. The Labute approximate surface area is 182 Å². The molecule has 0 aromatic carbocycles. The predicted octanol–water partition coefficient (Wildman–Crippen LogP) is 10.3. The van der Waals surface area contributed by atoms with Gasteiger partial charge in [0.1, 0.15) is 0 Å². The average Bonchev–Trinajstić information content (AvgIpc) is 2.62. The quantitative estimate of drug-likeness (QED) is 0.130. The highest BCUT2D eigenvalue weighted by Crippen LogP contribution is 2.39. The van der Waals surface area contributed by atoms with Gasteiger partial charge in [-0.1, -0.05) is 119 Å². The third-order valence-electron chi connectivity index (χ3n) is 6.02. The summed E-state index contributed by atoms with van der Waals surface area (Å²) in [7, 11) is 0.339. The average molecular weight is 413 g/mol. The molecule has 0 aromatic heterocycles. The van der Waals surface area contributed by atoms with Crippen LogP contribution in [-0.2, 0) is 0 Å². The van der Waals surface area contributed by atoms with Gasteiger partial charge in [0.05, 0.1) is 0 Å². The highest BCUT2D eigenvalue weighted by atomic mass is 31.1. The van der Waals surface area contributed by atoms with Crippen molar-refractivity contribution >= 4 is 7.92 Å². The van der Waals surface area contributed by atoms with E-state index < -0.39 is 0 Å². The molecule has 0 heterocycles. The van der Waals surface area contributed by atoms with Gasteiger partial charge in [0.25, 0.3) is 0 Å². The van der Waals surface area contributed by atoms with E-state index in [4.69, 9.17) is 0 Å². The largest absolute Gasteiger partial charge is 0.107 e. The molecule has 0 nitrogen and oxygen atoms in total. The number of hydrogen-bond acceptors (Lipinski definition) is 0. The van der Waals surface area contributed by atoms with Crippen molar-refractivity contribution in [3.05, 3.63) is 0 Å². The van der Waals surface area contributed by atoms with E-state index in [1.807, 2.05) is 0 Å². The van der Waals surface area contributed by atoms with Gasteiger partial charge in [-0.2, -0.15) is 0 Å². The van der Waals surface area contributed by atoms with Gasteiger partial charge in [-0.3, -0.25) is 0 Å². The predicted molar refractivity (Wildman–Crippen MR) is 135 cm³/mol. The molecule has 0 aliphatic rings. The molecule has 0 fully saturated rings. The first kappa shape index (κ1) is 28.4. The molecule has 0 aliphatic carbocycles.